The number of ether oxygens (including phenoxy) is 1. The van der Waals surface area contributed by atoms with Gasteiger partial charge in [-0.05, 0) is 12.5 Å². The molecule has 0 aliphatic heterocycles. The summed E-state index contributed by atoms with van der Waals surface area (Å²) in [6.07, 6.45) is -0.833. The highest BCUT2D eigenvalue weighted by Gasteiger charge is 2.21. The summed E-state index contributed by atoms with van der Waals surface area (Å²) in [6.45, 7) is 5.49. The van der Waals surface area contributed by atoms with Crippen molar-refractivity contribution in [3.63, 3.8) is 0 Å². The van der Waals surface area contributed by atoms with E-state index in [1.54, 1.807) is 0 Å². The van der Waals surface area contributed by atoms with Gasteiger partial charge in [0.2, 0.25) is 0 Å². The lowest BCUT2D eigenvalue weighted by atomic mass is 10.1. The van der Waals surface area contributed by atoms with E-state index in [0.717, 1.165) is 5.56 Å². The smallest absolute Gasteiger partial charge is 0.109 e. The molecular weight excluding hydrogens is 204 g/mol. The highest BCUT2D eigenvalue weighted by Crippen LogP contribution is 2.09. The van der Waals surface area contributed by atoms with E-state index in [1.165, 1.54) is 13.0 Å². The zero-order valence-electron chi connectivity index (χ0n) is 9.41. The van der Waals surface area contributed by atoms with Crippen molar-refractivity contribution in [2.75, 3.05) is 0 Å². The Morgan fingerprint density at radius 2 is 1.94 bits per heavy atom. The monoisotopic (exact) mass is 222 g/mol. The molecule has 0 heterocycles. The summed E-state index contributed by atoms with van der Waals surface area (Å²) in [5.74, 6) is 0. The van der Waals surface area contributed by atoms with Crippen LogP contribution in [0.25, 0.3) is 0 Å². The zero-order valence-corrected chi connectivity index (χ0v) is 9.41. The van der Waals surface area contributed by atoms with E-state index in [4.69, 9.17) is 4.74 Å². The van der Waals surface area contributed by atoms with Crippen LogP contribution in [0.3, 0.4) is 0 Å². The average molecular weight is 222 g/mol. The summed E-state index contributed by atoms with van der Waals surface area (Å²) in [6, 6.07) is 9.66. The molecule has 0 fully saturated rings. The van der Waals surface area contributed by atoms with Gasteiger partial charge in [0, 0.05) is 0 Å². The van der Waals surface area contributed by atoms with Crippen LogP contribution in [-0.4, -0.2) is 28.5 Å². The van der Waals surface area contributed by atoms with Gasteiger partial charge in [0.25, 0.3) is 0 Å². The molecule has 0 radical (unpaired) electrons. The van der Waals surface area contributed by atoms with Crippen LogP contribution in [0.1, 0.15) is 12.5 Å². The average Bonchev–Trinajstić information content (AvgIpc) is 2.30. The van der Waals surface area contributed by atoms with Crippen LogP contribution in [0, 0.1) is 0 Å². The fourth-order valence-corrected chi connectivity index (χ4v) is 1.35. The Morgan fingerprint density at radius 3 is 2.44 bits per heavy atom. The lowest BCUT2D eigenvalue weighted by molar-refractivity contribution is -0.0692. The molecule has 3 atom stereocenters. The number of hydrogen-bond donors (Lipinski definition) is 2. The molecule has 0 aliphatic rings. The van der Waals surface area contributed by atoms with Crippen molar-refractivity contribution in [3.05, 3.63) is 48.6 Å². The molecule has 1 aromatic carbocycles. The summed E-state index contributed by atoms with van der Waals surface area (Å²) in [7, 11) is 0. The van der Waals surface area contributed by atoms with Crippen LogP contribution >= 0.6 is 0 Å². The highest BCUT2D eigenvalue weighted by molar-refractivity contribution is 5.13. The minimum atomic E-state index is -0.943. The molecule has 1 rings (SSSR count). The van der Waals surface area contributed by atoms with E-state index in [-0.39, 0.29) is 0 Å². The topological polar surface area (TPSA) is 49.7 Å². The minimum absolute atomic E-state index is 0.390. The van der Waals surface area contributed by atoms with Gasteiger partial charge in [-0.25, -0.2) is 0 Å². The Bertz CT molecular complexity index is 308. The molecule has 1 aromatic rings. The molecule has 0 spiro atoms. The third-order valence-corrected chi connectivity index (χ3v) is 2.35. The highest BCUT2D eigenvalue weighted by atomic mass is 16.5. The van der Waals surface area contributed by atoms with Gasteiger partial charge >= 0.3 is 0 Å². The standard InChI is InChI=1S/C13H18O3/c1-3-12(13(15)10(2)14)16-9-11-7-5-4-6-8-11/h3-8,10,12-15H,1,9H2,2H3/t10-,12-,13+/m0/s1. The second-order valence-electron chi connectivity index (χ2n) is 3.73. The first-order chi connectivity index (χ1) is 7.65. The van der Waals surface area contributed by atoms with Crippen LogP contribution < -0.4 is 0 Å². The first-order valence-electron chi connectivity index (χ1n) is 5.29. The van der Waals surface area contributed by atoms with Crippen molar-refractivity contribution in [2.45, 2.75) is 31.8 Å². The van der Waals surface area contributed by atoms with Crippen molar-refractivity contribution < 1.29 is 14.9 Å². The molecule has 0 amide bonds. The number of aliphatic hydroxyl groups excluding tert-OH is 2. The summed E-state index contributed by atoms with van der Waals surface area (Å²) >= 11 is 0. The molecule has 16 heavy (non-hydrogen) atoms. The Morgan fingerprint density at radius 1 is 1.31 bits per heavy atom. The SMILES string of the molecule is C=C[C@H](OCc1ccccc1)[C@H](O)[C@H](C)O. The Hall–Kier alpha value is -1.16. The summed E-state index contributed by atoms with van der Waals surface area (Å²) in [5.41, 5.74) is 1.02. The third-order valence-electron chi connectivity index (χ3n) is 2.35. The lowest BCUT2D eigenvalue weighted by Crippen LogP contribution is -2.36. The predicted molar refractivity (Wildman–Crippen MR) is 62.9 cm³/mol. The van der Waals surface area contributed by atoms with Crippen LogP contribution in [0.5, 0.6) is 0 Å². The van der Waals surface area contributed by atoms with Gasteiger partial charge in [-0.1, -0.05) is 36.4 Å². The molecule has 0 unspecified atom stereocenters. The maximum Gasteiger partial charge on any atom is 0.109 e. The van der Waals surface area contributed by atoms with Crippen molar-refractivity contribution >= 4 is 0 Å². The first-order valence-corrected chi connectivity index (χ1v) is 5.29. The van der Waals surface area contributed by atoms with Crippen LogP contribution in [0.4, 0.5) is 0 Å². The molecule has 2 N–H and O–H groups in total. The summed E-state index contributed by atoms with van der Waals surface area (Å²) in [5, 5.41) is 18.9. The third kappa shape index (κ3) is 3.77. The number of benzene rings is 1. The van der Waals surface area contributed by atoms with E-state index in [1.807, 2.05) is 30.3 Å². The Kier molecular flexibility index (Phi) is 5.19. The fraction of sp³-hybridized carbons (Fsp3) is 0.385. The van der Waals surface area contributed by atoms with Crippen molar-refractivity contribution in [1.82, 2.24) is 0 Å². The van der Waals surface area contributed by atoms with Crippen LogP contribution in [0.2, 0.25) is 0 Å². The Balaban J connectivity index is 2.49. The quantitative estimate of drug-likeness (QED) is 0.717. The van der Waals surface area contributed by atoms with Crippen molar-refractivity contribution in [1.29, 1.82) is 0 Å². The maximum absolute atomic E-state index is 9.62. The Labute approximate surface area is 96.0 Å². The molecular formula is C13H18O3. The second kappa shape index (κ2) is 6.43. The van der Waals surface area contributed by atoms with Gasteiger partial charge in [-0.3, -0.25) is 0 Å². The summed E-state index contributed by atoms with van der Waals surface area (Å²) < 4.78 is 5.47. The molecule has 0 bridgehead atoms. The zero-order chi connectivity index (χ0) is 12.0. The molecule has 3 nitrogen and oxygen atoms in total. The molecule has 0 aliphatic carbocycles. The van der Waals surface area contributed by atoms with Gasteiger partial charge in [0.05, 0.1) is 12.7 Å². The van der Waals surface area contributed by atoms with E-state index < -0.39 is 18.3 Å². The normalized spacial score (nSPS) is 16.4. The molecule has 3 heteroatoms. The van der Waals surface area contributed by atoms with Gasteiger partial charge in [-0.15, -0.1) is 6.58 Å². The lowest BCUT2D eigenvalue weighted by Gasteiger charge is -2.22. The van der Waals surface area contributed by atoms with E-state index in [9.17, 15) is 10.2 Å². The van der Waals surface area contributed by atoms with Crippen LogP contribution in [-0.2, 0) is 11.3 Å². The van der Waals surface area contributed by atoms with Gasteiger partial charge in [-0.2, -0.15) is 0 Å². The molecule has 0 aromatic heterocycles. The van der Waals surface area contributed by atoms with Crippen LogP contribution in [0.15, 0.2) is 43.0 Å². The molecule has 0 saturated heterocycles. The molecule has 0 saturated carbocycles. The van der Waals surface area contributed by atoms with E-state index >= 15 is 0 Å². The number of hydrogen-bond acceptors (Lipinski definition) is 3. The predicted octanol–water partition coefficient (Wildman–Crippen LogP) is 1.50. The maximum atomic E-state index is 9.62. The fourth-order valence-electron chi connectivity index (χ4n) is 1.35. The van der Waals surface area contributed by atoms with Gasteiger partial charge in [0.1, 0.15) is 12.2 Å². The minimum Gasteiger partial charge on any atom is -0.391 e. The second-order valence-corrected chi connectivity index (χ2v) is 3.73. The van der Waals surface area contributed by atoms with Gasteiger partial charge in [0.15, 0.2) is 0 Å². The number of aliphatic hydroxyl groups is 2. The van der Waals surface area contributed by atoms with Crippen molar-refractivity contribution in [3.8, 4) is 0 Å². The number of rotatable bonds is 6. The van der Waals surface area contributed by atoms with Crippen molar-refractivity contribution in [2.24, 2.45) is 0 Å². The first kappa shape index (κ1) is 12.9. The molecule has 88 valence electrons. The van der Waals surface area contributed by atoms with E-state index in [2.05, 4.69) is 6.58 Å². The van der Waals surface area contributed by atoms with E-state index in [0.29, 0.717) is 6.61 Å². The largest absolute Gasteiger partial charge is 0.391 e. The van der Waals surface area contributed by atoms with Gasteiger partial charge < -0.3 is 14.9 Å². The summed E-state index contributed by atoms with van der Waals surface area (Å²) in [4.78, 5) is 0.